The van der Waals surface area contributed by atoms with E-state index in [-0.39, 0.29) is 11.6 Å². The second-order valence-electron chi connectivity index (χ2n) is 6.38. The van der Waals surface area contributed by atoms with Crippen LogP contribution >= 0.6 is 0 Å². The van der Waals surface area contributed by atoms with Crippen molar-refractivity contribution < 1.29 is 8.78 Å². The molecule has 5 nitrogen and oxygen atoms in total. The Balaban J connectivity index is 1.59. The minimum absolute atomic E-state index is 0.0195. The smallest absolute Gasteiger partial charge is 0.193 e. The molecule has 0 radical (unpaired) electrons. The fourth-order valence-corrected chi connectivity index (χ4v) is 2.94. The number of halogens is 2. The third-order valence-electron chi connectivity index (χ3n) is 4.36. The zero-order valence-corrected chi connectivity index (χ0v) is 14.6. The van der Waals surface area contributed by atoms with Crippen molar-refractivity contribution in [1.82, 2.24) is 4.98 Å². The van der Waals surface area contributed by atoms with Crippen LogP contribution in [0.1, 0.15) is 31.2 Å². The molecule has 1 aliphatic heterocycles. The van der Waals surface area contributed by atoms with Gasteiger partial charge in [-0.1, -0.05) is 18.9 Å². The highest BCUT2D eigenvalue weighted by molar-refractivity contribution is 5.92. The Morgan fingerprint density at radius 1 is 1.12 bits per heavy atom. The van der Waals surface area contributed by atoms with E-state index in [1.54, 1.807) is 6.20 Å². The van der Waals surface area contributed by atoms with E-state index >= 15 is 0 Å². The normalized spacial score (nSPS) is 15.6. The van der Waals surface area contributed by atoms with E-state index in [1.807, 2.05) is 12.1 Å². The van der Waals surface area contributed by atoms with Crippen LogP contribution in [0.3, 0.4) is 0 Å². The number of pyridine rings is 1. The van der Waals surface area contributed by atoms with E-state index in [9.17, 15) is 8.78 Å². The number of rotatable bonds is 4. The highest BCUT2D eigenvalue weighted by atomic mass is 19.1. The number of hydrogen-bond donors (Lipinski definition) is 2. The maximum atomic E-state index is 13.6. The zero-order valence-electron chi connectivity index (χ0n) is 14.6. The van der Waals surface area contributed by atoms with Gasteiger partial charge in [-0.3, -0.25) is 0 Å². The number of nitrogens with two attached hydrogens (primary N) is 1. The number of aliphatic imine (C=N–C) groups is 1. The third kappa shape index (κ3) is 4.91. The Hall–Kier alpha value is -2.70. The molecule has 3 N–H and O–H groups in total. The van der Waals surface area contributed by atoms with E-state index in [1.165, 1.54) is 25.7 Å². The van der Waals surface area contributed by atoms with Crippen LogP contribution < -0.4 is 16.0 Å². The topological polar surface area (TPSA) is 66.5 Å². The lowest BCUT2D eigenvalue weighted by Crippen LogP contribution is -2.24. The summed E-state index contributed by atoms with van der Waals surface area (Å²) in [5.41, 5.74) is 6.61. The zero-order chi connectivity index (χ0) is 18.4. The monoisotopic (exact) mass is 359 g/mol. The molecule has 0 unspecified atom stereocenters. The van der Waals surface area contributed by atoms with E-state index < -0.39 is 11.6 Å². The summed E-state index contributed by atoms with van der Waals surface area (Å²) in [6, 6.07) is 7.08. The summed E-state index contributed by atoms with van der Waals surface area (Å²) in [5.74, 6) is -0.137. The summed E-state index contributed by atoms with van der Waals surface area (Å²) in [6.07, 6.45) is 6.74. The first-order chi connectivity index (χ1) is 12.6. The standard InChI is InChI=1S/C19H23F2N5/c20-15-6-7-16(21)17(11-15)25-19(22)24-13-14-5-8-18(23-12-14)26-9-3-1-2-4-10-26/h5-8,11-12H,1-4,9-10,13H2,(H3,22,24,25). The summed E-state index contributed by atoms with van der Waals surface area (Å²) in [4.78, 5) is 11.0. The van der Waals surface area contributed by atoms with Gasteiger partial charge in [0.15, 0.2) is 5.96 Å². The van der Waals surface area contributed by atoms with Gasteiger partial charge in [0.1, 0.15) is 17.5 Å². The van der Waals surface area contributed by atoms with Crippen molar-refractivity contribution in [3.8, 4) is 0 Å². The van der Waals surface area contributed by atoms with Gasteiger partial charge in [-0.15, -0.1) is 0 Å². The molecule has 0 atom stereocenters. The number of anilines is 2. The van der Waals surface area contributed by atoms with Gasteiger partial charge in [-0.05, 0) is 36.6 Å². The average molecular weight is 359 g/mol. The third-order valence-corrected chi connectivity index (χ3v) is 4.36. The van der Waals surface area contributed by atoms with E-state index in [2.05, 4.69) is 20.2 Å². The molecule has 1 aromatic carbocycles. The summed E-state index contributed by atoms with van der Waals surface area (Å²) < 4.78 is 26.8. The summed E-state index contributed by atoms with van der Waals surface area (Å²) in [7, 11) is 0. The molecular formula is C19H23F2N5. The fourth-order valence-electron chi connectivity index (χ4n) is 2.94. The van der Waals surface area contributed by atoms with E-state index in [0.717, 1.165) is 42.7 Å². The molecule has 1 aromatic heterocycles. The first kappa shape index (κ1) is 18.1. The van der Waals surface area contributed by atoms with Crippen LogP contribution in [-0.4, -0.2) is 24.0 Å². The molecule has 7 heteroatoms. The van der Waals surface area contributed by atoms with Gasteiger partial charge in [0, 0.05) is 25.4 Å². The van der Waals surface area contributed by atoms with Crippen molar-refractivity contribution in [2.45, 2.75) is 32.2 Å². The van der Waals surface area contributed by atoms with Crippen LogP contribution in [0.5, 0.6) is 0 Å². The molecule has 0 aliphatic carbocycles. The highest BCUT2D eigenvalue weighted by Crippen LogP contribution is 2.18. The lowest BCUT2D eigenvalue weighted by atomic mass is 10.2. The van der Waals surface area contributed by atoms with Crippen molar-refractivity contribution in [3.63, 3.8) is 0 Å². The Morgan fingerprint density at radius 2 is 1.88 bits per heavy atom. The predicted octanol–water partition coefficient (Wildman–Crippen LogP) is 3.67. The first-order valence-corrected chi connectivity index (χ1v) is 8.84. The van der Waals surface area contributed by atoms with Gasteiger partial charge in [-0.25, -0.2) is 18.8 Å². The average Bonchev–Trinajstić information content (AvgIpc) is 2.93. The molecule has 2 aromatic rings. The molecule has 2 heterocycles. The molecule has 1 fully saturated rings. The van der Waals surface area contributed by atoms with Crippen LogP contribution in [0, 0.1) is 11.6 Å². The van der Waals surface area contributed by atoms with Crippen LogP contribution in [0.2, 0.25) is 0 Å². The Kier molecular flexibility index (Phi) is 5.99. The lowest BCUT2D eigenvalue weighted by Gasteiger charge is -2.21. The maximum absolute atomic E-state index is 13.6. The van der Waals surface area contributed by atoms with Gasteiger partial charge >= 0.3 is 0 Å². The molecule has 1 aliphatic rings. The van der Waals surface area contributed by atoms with Gasteiger partial charge in [-0.2, -0.15) is 0 Å². The number of hydrogen-bond acceptors (Lipinski definition) is 3. The number of aromatic nitrogens is 1. The van der Waals surface area contributed by atoms with Crippen molar-refractivity contribution in [1.29, 1.82) is 0 Å². The van der Waals surface area contributed by atoms with Crippen molar-refractivity contribution in [2.75, 3.05) is 23.3 Å². The van der Waals surface area contributed by atoms with Crippen LogP contribution in [0.15, 0.2) is 41.5 Å². The Labute approximate surface area is 151 Å². The highest BCUT2D eigenvalue weighted by Gasteiger charge is 2.10. The van der Waals surface area contributed by atoms with Crippen LogP contribution in [0.4, 0.5) is 20.3 Å². The molecule has 0 amide bonds. The Morgan fingerprint density at radius 3 is 2.58 bits per heavy atom. The van der Waals surface area contributed by atoms with Gasteiger partial charge in [0.25, 0.3) is 0 Å². The minimum Gasteiger partial charge on any atom is -0.370 e. The summed E-state index contributed by atoms with van der Waals surface area (Å²) in [5, 5.41) is 2.58. The molecule has 0 saturated carbocycles. The fraction of sp³-hybridized carbons (Fsp3) is 0.368. The molecule has 0 bridgehead atoms. The molecule has 1 saturated heterocycles. The molecule has 3 rings (SSSR count). The number of guanidine groups is 1. The van der Waals surface area contributed by atoms with Gasteiger partial charge in [0.2, 0.25) is 0 Å². The molecule has 138 valence electrons. The van der Waals surface area contributed by atoms with Crippen LogP contribution in [0.25, 0.3) is 0 Å². The van der Waals surface area contributed by atoms with Gasteiger partial charge < -0.3 is 16.0 Å². The second kappa shape index (κ2) is 8.60. The van der Waals surface area contributed by atoms with Crippen molar-refractivity contribution >= 4 is 17.5 Å². The minimum atomic E-state index is -0.590. The summed E-state index contributed by atoms with van der Waals surface area (Å²) in [6.45, 7) is 2.39. The number of nitrogens with one attached hydrogen (secondary N) is 1. The number of benzene rings is 1. The summed E-state index contributed by atoms with van der Waals surface area (Å²) >= 11 is 0. The van der Waals surface area contributed by atoms with E-state index in [4.69, 9.17) is 5.73 Å². The maximum Gasteiger partial charge on any atom is 0.193 e. The SMILES string of the molecule is NC(=NCc1ccc(N2CCCCCC2)nc1)Nc1cc(F)ccc1F. The first-order valence-electron chi connectivity index (χ1n) is 8.84. The molecule has 0 spiro atoms. The van der Waals surface area contributed by atoms with Crippen molar-refractivity contribution in [3.05, 3.63) is 53.7 Å². The van der Waals surface area contributed by atoms with Crippen molar-refractivity contribution in [2.24, 2.45) is 10.7 Å². The Bertz CT molecular complexity index is 753. The van der Waals surface area contributed by atoms with Gasteiger partial charge in [0.05, 0.1) is 12.2 Å². The number of nitrogens with zero attached hydrogens (tertiary/aromatic N) is 3. The quantitative estimate of drug-likeness (QED) is 0.646. The van der Waals surface area contributed by atoms with Crippen LogP contribution in [-0.2, 0) is 6.54 Å². The molecular weight excluding hydrogens is 336 g/mol. The lowest BCUT2D eigenvalue weighted by molar-refractivity contribution is 0.604. The molecule has 26 heavy (non-hydrogen) atoms. The largest absolute Gasteiger partial charge is 0.370 e. The second-order valence-corrected chi connectivity index (χ2v) is 6.38. The predicted molar refractivity (Wildman–Crippen MR) is 100 cm³/mol. The van der Waals surface area contributed by atoms with E-state index in [0.29, 0.717) is 6.54 Å².